The number of thiazole rings is 1. The molecule has 2 atom stereocenters. The monoisotopic (exact) mass is 466 g/mol. The number of sulfonamides is 1. The van der Waals surface area contributed by atoms with E-state index >= 15 is 0 Å². The zero-order chi connectivity index (χ0) is 22.1. The molecule has 3 rings (SSSR count). The van der Waals surface area contributed by atoms with E-state index in [1.165, 1.54) is 11.6 Å². The van der Waals surface area contributed by atoms with E-state index in [9.17, 15) is 26.0 Å². The summed E-state index contributed by atoms with van der Waals surface area (Å²) in [5, 5.41) is 4.24. The fraction of sp³-hybridized carbons (Fsp3) is 0.500. The molecule has 0 saturated heterocycles. The van der Waals surface area contributed by atoms with Gasteiger partial charge in [-0.15, -0.1) is 11.3 Å². The van der Waals surface area contributed by atoms with Crippen molar-refractivity contribution in [3.63, 3.8) is 0 Å². The van der Waals surface area contributed by atoms with Gasteiger partial charge in [-0.2, -0.15) is 13.2 Å². The molecule has 0 bridgehead atoms. The lowest BCUT2D eigenvalue weighted by Gasteiger charge is -2.37. The molecule has 0 unspecified atom stereocenters. The Balaban J connectivity index is 2.00. The number of alkyl halides is 3. The minimum Gasteiger partial charge on any atom is -0.380 e. The van der Waals surface area contributed by atoms with Crippen LogP contribution in [0.15, 0.2) is 28.6 Å². The summed E-state index contributed by atoms with van der Waals surface area (Å²) in [6.45, 7) is 0. The molecule has 2 N–H and O–H groups in total. The molecular weight excluding hydrogens is 444 g/mol. The Morgan fingerprint density at radius 3 is 2.50 bits per heavy atom. The number of nitrogens with zero attached hydrogens (tertiary/aromatic N) is 2. The molecular formula is C18H22F4N4O2S2. The molecule has 1 fully saturated rings. The molecule has 0 spiro atoms. The Morgan fingerprint density at radius 1 is 1.20 bits per heavy atom. The Morgan fingerprint density at radius 2 is 1.90 bits per heavy atom. The van der Waals surface area contributed by atoms with Crippen LogP contribution in [0.3, 0.4) is 0 Å². The van der Waals surface area contributed by atoms with E-state index in [0.29, 0.717) is 18.6 Å². The van der Waals surface area contributed by atoms with Crippen molar-refractivity contribution in [2.45, 2.75) is 48.8 Å². The van der Waals surface area contributed by atoms with Crippen LogP contribution in [-0.4, -0.2) is 44.5 Å². The third-order valence-electron chi connectivity index (χ3n) is 5.05. The Kier molecular flexibility index (Phi) is 6.58. The van der Waals surface area contributed by atoms with Gasteiger partial charge in [-0.3, -0.25) is 4.72 Å². The first-order valence-corrected chi connectivity index (χ1v) is 11.6. The van der Waals surface area contributed by atoms with Crippen molar-refractivity contribution >= 4 is 32.2 Å². The van der Waals surface area contributed by atoms with Crippen LogP contribution in [0.25, 0.3) is 0 Å². The first kappa shape index (κ1) is 22.8. The van der Waals surface area contributed by atoms with E-state index in [2.05, 4.69) is 10.3 Å². The topological polar surface area (TPSA) is 74.3 Å². The molecule has 6 nitrogen and oxygen atoms in total. The number of nitrogens with one attached hydrogen (secondary N) is 2. The van der Waals surface area contributed by atoms with Crippen molar-refractivity contribution in [3.8, 4) is 0 Å². The number of halogens is 4. The summed E-state index contributed by atoms with van der Waals surface area (Å²) in [5.74, 6) is -1.27. The van der Waals surface area contributed by atoms with Crippen LogP contribution in [0.1, 0.15) is 31.2 Å². The van der Waals surface area contributed by atoms with Crippen molar-refractivity contribution < 1.29 is 26.0 Å². The highest BCUT2D eigenvalue weighted by molar-refractivity contribution is 7.93. The van der Waals surface area contributed by atoms with E-state index in [0.717, 1.165) is 30.6 Å². The van der Waals surface area contributed by atoms with E-state index in [1.807, 2.05) is 23.7 Å². The van der Waals surface area contributed by atoms with Crippen LogP contribution in [0.2, 0.25) is 0 Å². The van der Waals surface area contributed by atoms with Crippen molar-refractivity contribution in [3.05, 3.63) is 35.1 Å². The van der Waals surface area contributed by atoms with Gasteiger partial charge < -0.3 is 10.2 Å². The summed E-state index contributed by atoms with van der Waals surface area (Å²) in [7, 11) is -0.898. The average Bonchev–Trinajstić information content (AvgIpc) is 3.13. The van der Waals surface area contributed by atoms with Crippen LogP contribution < -0.4 is 10.0 Å². The average molecular weight is 467 g/mol. The SMILES string of the molecule is CN(C)[C@H]1CCCC[C@@H]1Nc1cc(F)c(S(=O)(=O)Nc2nccs2)cc1C(F)(F)F. The molecule has 0 radical (unpaired) electrons. The van der Waals surface area contributed by atoms with Gasteiger partial charge in [-0.25, -0.2) is 17.8 Å². The predicted molar refractivity (Wildman–Crippen MR) is 108 cm³/mol. The van der Waals surface area contributed by atoms with E-state index in [1.54, 1.807) is 0 Å². The highest BCUT2D eigenvalue weighted by atomic mass is 32.2. The number of hydrogen-bond donors (Lipinski definition) is 2. The molecule has 1 aliphatic carbocycles. The van der Waals surface area contributed by atoms with Gasteiger partial charge in [-0.05, 0) is 39.1 Å². The van der Waals surface area contributed by atoms with Crippen LogP contribution in [0.5, 0.6) is 0 Å². The maximum absolute atomic E-state index is 14.7. The van der Waals surface area contributed by atoms with Gasteiger partial charge in [0, 0.05) is 29.3 Å². The molecule has 1 saturated carbocycles. The quantitative estimate of drug-likeness (QED) is 0.618. The number of anilines is 2. The standard InChI is InChI=1S/C18H22F4N4O2S2/c1-26(2)15-6-4-3-5-13(15)24-14-10-12(19)16(9-11(14)18(20,21)22)30(27,28)25-17-23-7-8-29-17/h7-10,13,15,24H,3-6H2,1-2H3,(H,23,25)/t13-,15-/m0/s1. The van der Waals surface area contributed by atoms with Gasteiger partial charge in [0.2, 0.25) is 0 Å². The third kappa shape index (κ3) is 5.03. The van der Waals surface area contributed by atoms with Gasteiger partial charge in [0.05, 0.1) is 5.56 Å². The van der Waals surface area contributed by atoms with Crippen molar-refractivity contribution in [2.75, 3.05) is 24.1 Å². The summed E-state index contributed by atoms with van der Waals surface area (Å²) in [5.41, 5.74) is -1.70. The Bertz CT molecular complexity index is 979. The summed E-state index contributed by atoms with van der Waals surface area (Å²) in [6.07, 6.45) is -0.314. The van der Waals surface area contributed by atoms with E-state index < -0.39 is 38.2 Å². The molecule has 0 aliphatic heterocycles. The summed E-state index contributed by atoms with van der Waals surface area (Å²) < 4.78 is 82.8. The molecule has 1 aromatic carbocycles. The number of benzene rings is 1. The first-order valence-electron chi connectivity index (χ1n) is 9.25. The second-order valence-corrected chi connectivity index (χ2v) is 9.88. The van der Waals surface area contributed by atoms with Gasteiger partial charge in [0.1, 0.15) is 10.7 Å². The number of aromatic nitrogens is 1. The first-order chi connectivity index (χ1) is 14.0. The van der Waals surface area contributed by atoms with Gasteiger partial charge in [0.15, 0.2) is 5.13 Å². The zero-order valence-electron chi connectivity index (χ0n) is 16.3. The second kappa shape index (κ2) is 8.67. The lowest BCUT2D eigenvalue weighted by molar-refractivity contribution is -0.137. The van der Waals surface area contributed by atoms with Gasteiger partial charge in [-0.1, -0.05) is 12.8 Å². The van der Waals surface area contributed by atoms with E-state index in [-0.39, 0.29) is 17.2 Å². The Hall–Kier alpha value is -1.92. The summed E-state index contributed by atoms with van der Waals surface area (Å²) >= 11 is 0.926. The molecule has 30 heavy (non-hydrogen) atoms. The fourth-order valence-corrected chi connectivity index (χ4v) is 5.53. The van der Waals surface area contributed by atoms with Gasteiger partial charge in [0.25, 0.3) is 10.0 Å². The van der Waals surface area contributed by atoms with Crippen LogP contribution in [0.4, 0.5) is 28.4 Å². The number of hydrogen-bond acceptors (Lipinski definition) is 6. The van der Waals surface area contributed by atoms with Crippen molar-refractivity contribution in [2.24, 2.45) is 0 Å². The molecule has 12 heteroatoms. The highest BCUT2D eigenvalue weighted by Crippen LogP contribution is 2.39. The molecule has 0 amide bonds. The molecule has 1 aliphatic rings. The molecule has 1 aromatic heterocycles. The maximum Gasteiger partial charge on any atom is 0.418 e. The van der Waals surface area contributed by atoms with Crippen molar-refractivity contribution in [1.29, 1.82) is 0 Å². The summed E-state index contributed by atoms with van der Waals surface area (Å²) in [6, 6.07) is 0.616. The minimum atomic E-state index is -4.87. The van der Waals surface area contributed by atoms with Crippen LogP contribution in [-0.2, 0) is 16.2 Å². The maximum atomic E-state index is 14.7. The Labute approximate surface area is 176 Å². The molecule has 2 aromatic rings. The second-order valence-electron chi connectivity index (χ2n) is 7.33. The van der Waals surface area contributed by atoms with Crippen LogP contribution >= 0.6 is 11.3 Å². The predicted octanol–water partition coefficient (Wildman–Crippen LogP) is 4.39. The number of rotatable bonds is 6. The smallest absolute Gasteiger partial charge is 0.380 e. The van der Waals surface area contributed by atoms with E-state index in [4.69, 9.17) is 0 Å². The molecule has 1 heterocycles. The zero-order valence-corrected chi connectivity index (χ0v) is 18.0. The fourth-order valence-electron chi connectivity index (χ4n) is 3.65. The lowest BCUT2D eigenvalue weighted by atomic mass is 9.89. The summed E-state index contributed by atoms with van der Waals surface area (Å²) in [4.78, 5) is 4.56. The van der Waals surface area contributed by atoms with Gasteiger partial charge >= 0.3 is 6.18 Å². The lowest BCUT2D eigenvalue weighted by Crippen LogP contribution is -2.45. The van der Waals surface area contributed by atoms with Crippen molar-refractivity contribution in [1.82, 2.24) is 9.88 Å². The minimum absolute atomic E-state index is 0.0159. The third-order valence-corrected chi connectivity index (χ3v) is 7.23. The molecule has 166 valence electrons. The largest absolute Gasteiger partial charge is 0.418 e. The highest BCUT2D eigenvalue weighted by Gasteiger charge is 2.38. The van der Waals surface area contributed by atoms with Crippen LogP contribution in [0, 0.1) is 5.82 Å². The number of likely N-dealkylation sites (N-methyl/N-ethyl adjacent to an activating group) is 1. The normalized spacial score (nSPS) is 20.4.